The van der Waals surface area contributed by atoms with Gasteiger partial charge in [-0.15, -0.1) is 0 Å². The summed E-state index contributed by atoms with van der Waals surface area (Å²) >= 11 is 0. The first-order chi connectivity index (χ1) is 13.1. The van der Waals surface area contributed by atoms with Gasteiger partial charge in [0.1, 0.15) is 5.69 Å². The van der Waals surface area contributed by atoms with Crippen LogP contribution in [0.4, 0.5) is 5.69 Å². The molecule has 0 fully saturated rings. The first kappa shape index (κ1) is 18.4. The molecule has 2 aromatic heterocycles. The van der Waals surface area contributed by atoms with Crippen molar-refractivity contribution >= 4 is 5.69 Å². The summed E-state index contributed by atoms with van der Waals surface area (Å²) in [5, 5.41) is 4.29. The van der Waals surface area contributed by atoms with E-state index in [1.165, 1.54) is 4.68 Å². The van der Waals surface area contributed by atoms with Gasteiger partial charge in [-0.2, -0.15) is 5.10 Å². The van der Waals surface area contributed by atoms with E-state index in [-0.39, 0.29) is 12.1 Å². The minimum atomic E-state index is -0.209. The van der Waals surface area contributed by atoms with Crippen molar-refractivity contribution in [2.24, 2.45) is 0 Å². The molecule has 0 aliphatic rings. The number of nitrogens with zero attached hydrogens (tertiary/aromatic N) is 4. The lowest BCUT2D eigenvalue weighted by Gasteiger charge is -2.19. The maximum atomic E-state index is 12.5. The molecule has 0 atom stereocenters. The van der Waals surface area contributed by atoms with Crippen LogP contribution in [0, 0.1) is 0 Å². The Hall–Kier alpha value is -3.35. The van der Waals surface area contributed by atoms with Crippen molar-refractivity contribution in [2.45, 2.75) is 13.1 Å². The zero-order valence-corrected chi connectivity index (χ0v) is 15.6. The van der Waals surface area contributed by atoms with Crippen LogP contribution in [0.5, 0.6) is 11.5 Å². The number of rotatable bonds is 7. The van der Waals surface area contributed by atoms with Crippen LogP contribution in [0.15, 0.2) is 59.7 Å². The lowest BCUT2D eigenvalue weighted by molar-refractivity contribution is 0.347. The second-order valence-corrected chi connectivity index (χ2v) is 6.04. The first-order valence-corrected chi connectivity index (χ1v) is 8.50. The lowest BCUT2D eigenvalue weighted by atomic mass is 10.2. The minimum absolute atomic E-state index is 0.196. The van der Waals surface area contributed by atoms with Gasteiger partial charge in [0, 0.05) is 31.9 Å². The molecule has 2 heterocycles. The van der Waals surface area contributed by atoms with Gasteiger partial charge in [-0.1, -0.05) is 30.3 Å². The third-order valence-corrected chi connectivity index (χ3v) is 4.22. The molecule has 0 saturated heterocycles. The summed E-state index contributed by atoms with van der Waals surface area (Å²) < 4.78 is 12.0. The number of hydrogen-bond acceptors (Lipinski definition) is 6. The summed E-state index contributed by atoms with van der Waals surface area (Å²) in [6, 6.07) is 13.3. The highest BCUT2D eigenvalue weighted by atomic mass is 16.5. The third-order valence-electron chi connectivity index (χ3n) is 4.22. The fourth-order valence-corrected chi connectivity index (χ4v) is 2.81. The van der Waals surface area contributed by atoms with E-state index in [1.54, 1.807) is 38.7 Å². The molecule has 27 heavy (non-hydrogen) atoms. The summed E-state index contributed by atoms with van der Waals surface area (Å²) in [6.07, 6.45) is 3.29. The predicted octanol–water partition coefficient (Wildman–Crippen LogP) is 2.34. The Labute approximate surface area is 157 Å². The van der Waals surface area contributed by atoms with Gasteiger partial charge in [0.2, 0.25) is 0 Å². The summed E-state index contributed by atoms with van der Waals surface area (Å²) in [6.45, 7) is 0.888. The fraction of sp³-hybridized carbons (Fsp3) is 0.250. The average molecular weight is 366 g/mol. The number of methoxy groups -OCH3 is 2. The summed E-state index contributed by atoms with van der Waals surface area (Å²) in [4.78, 5) is 18.8. The van der Waals surface area contributed by atoms with Crippen LogP contribution >= 0.6 is 0 Å². The monoisotopic (exact) mass is 366 g/mol. The van der Waals surface area contributed by atoms with Crippen LogP contribution in [0.3, 0.4) is 0 Å². The molecular weight excluding hydrogens is 344 g/mol. The van der Waals surface area contributed by atoms with Crippen LogP contribution in [-0.2, 0) is 13.1 Å². The summed E-state index contributed by atoms with van der Waals surface area (Å²) in [7, 11) is 5.03. The number of pyridine rings is 1. The number of ether oxygens (including phenoxy) is 2. The van der Waals surface area contributed by atoms with Gasteiger partial charge < -0.3 is 14.4 Å². The van der Waals surface area contributed by atoms with E-state index in [4.69, 9.17) is 9.47 Å². The standard InChI is InChI=1S/C20H22N4O3/c1-23(13-15-7-5-4-6-8-15)16-11-19(25)24(22-12-16)14-17-20(27-3)18(26-2)9-10-21-17/h4-12H,13-14H2,1-3H3. The maximum Gasteiger partial charge on any atom is 0.269 e. The normalized spacial score (nSPS) is 10.5. The molecule has 0 amide bonds. The van der Waals surface area contributed by atoms with E-state index in [0.717, 1.165) is 11.3 Å². The molecule has 140 valence electrons. The highest BCUT2D eigenvalue weighted by Crippen LogP contribution is 2.29. The molecule has 0 unspecified atom stereocenters. The van der Waals surface area contributed by atoms with Crippen molar-refractivity contribution in [1.82, 2.24) is 14.8 Å². The second kappa shape index (κ2) is 8.35. The first-order valence-electron chi connectivity index (χ1n) is 8.50. The molecule has 0 aliphatic carbocycles. The minimum Gasteiger partial charge on any atom is -0.493 e. The number of aromatic nitrogens is 3. The van der Waals surface area contributed by atoms with Crippen LogP contribution in [0.1, 0.15) is 11.3 Å². The number of hydrogen-bond donors (Lipinski definition) is 0. The van der Waals surface area contributed by atoms with Crippen LogP contribution < -0.4 is 19.9 Å². The predicted molar refractivity (Wildman–Crippen MR) is 103 cm³/mol. The van der Waals surface area contributed by atoms with E-state index in [2.05, 4.69) is 10.1 Å². The SMILES string of the molecule is COc1ccnc(Cn2ncc(N(C)Cc3ccccc3)cc2=O)c1OC. The Morgan fingerprint density at radius 3 is 2.56 bits per heavy atom. The summed E-state index contributed by atoms with van der Waals surface area (Å²) in [5.41, 5.74) is 2.29. The van der Waals surface area contributed by atoms with Crippen molar-refractivity contribution in [2.75, 3.05) is 26.2 Å². The van der Waals surface area contributed by atoms with Crippen LogP contribution in [0.25, 0.3) is 0 Å². The average Bonchev–Trinajstić information content (AvgIpc) is 2.70. The number of benzene rings is 1. The van der Waals surface area contributed by atoms with Crippen LogP contribution in [0.2, 0.25) is 0 Å². The molecule has 0 spiro atoms. The highest BCUT2D eigenvalue weighted by Gasteiger charge is 2.13. The zero-order chi connectivity index (χ0) is 19.2. The smallest absolute Gasteiger partial charge is 0.269 e. The highest BCUT2D eigenvalue weighted by molar-refractivity contribution is 5.44. The topological polar surface area (TPSA) is 69.5 Å². The molecule has 7 nitrogen and oxygen atoms in total. The van der Waals surface area contributed by atoms with Gasteiger partial charge in [0.05, 0.1) is 32.6 Å². The van der Waals surface area contributed by atoms with E-state index in [9.17, 15) is 4.79 Å². The molecule has 0 bridgehead atoms. The molecule has 0 saturated carbocycles. The largest absolute Gasteiger partial charge is 0.493 e. The molecule has 0 radical (unpaired) electrons. The molecule has 7 heteroatoms. The maximum absolute atomic E-state index is 12.5. The molecule has 3 aromatic rings. The fourth-order valence-electron chi connectivity index (χ4n) is 2.81. The van der Waals surface area contributed by atoms with Crippen molar-refractivity contribution in [1.29, 1.82) is 0 Å². The quantitative estimate of drug-likeness (QED) is 0.639. The number of anilines is 1. The molecule has 3 rings (SSSR count). The van der Waals surface area contributed by atoms with Gasteiger partial charge in [0.25, 0.3) is 5.56 Å². The Morgan fingerprint density at radius 1 is 1.11 bits per heavy atom. The van der Waals surface area contributed by atoms with E-state index < -0.39 is 0 Å². The Kier molecular flexibility index (Phi) is 5.71. The van der Waals surface area contributed by atoms with Gasteiger partial charge in [-0.25, -0.2) is 4.68 Å². The molecule has 1 aromatic carbocycles. The van der Waals surface area contributed by atoms with E-state index in [0.29, 0.717) is 23.7 Å². The van der Waals surface area contributed by atoms with Crippen molar-refractivity contribution < 1.29 is 9.47 Å². The molecule has 0 aliphatic heterocycles. The van der Waals surface area contributed by atoms with E-state index in [1.807, 2.05) is 42.3 Å². The second-order valence-electron chi connectivity index (χ2n) is 6.04. The molecular formula is C20H22N4O3. The van der Waals surface area contributed by atoms with Gasteiger partial charge in [-0.05, 0) is 5.56 Å². The molecule has 0 N–H and O–H groups in total. The lowest BCUT2D eigenvalue weighted by Crippen LogP contribution is -2.26. The van der Waals surface area contributed by atoms with Crippen LogP contribution in [-0.4, -0.2) is 36.0 Å². The zero-order valence-electron chi connectivity index (χ0n) is 15.6. The Balaban J connectivity index is 1.80. The van der Waals surface area contributed by atoms with Gasteiger partial charge in [-0.3, -0.25) is 9.78 Å². The van der Waals surface area contributed by atoms with E-state index >= 15 is 0 Å². The van der Waals surface area contributed by atoms with Gasteiger partial charge in [0.15, 0.2) is 11.5 Å². The van der Waals surface area contributed by atoms with Crippen molar-refractivity contribution in [3.8, 4) is 11.5 Å². The van der Waals surface area contributed by atoms with Gasteiger partial charge >= 0.3 is 0 Å². The third kappa shape index (κ3) is 4.25. The Bertz CT molecular complexity index is 957. The Morgan fingerprint density at radius 2 is 1.89 bits per heavy atom. The van der Waals surface area contributed by atoms with Crippen molar-refractivity contribution in [3.05, 3.63) is 76.5 Å². The van der Waals surface area contributed by atoms with Crippen molar-refractivity contribution in [3.63, 3.8) is 0 Å². The summed E-state index contributed by atoms with van der Waals surface area (Å²) in [5.74, 6) is 1.06.